The highest BCUT2D eigenvalue weighted by Gasteiger charge is 2.45. The number of carbonyl (C=O) groups excluding carboxylic acids is 3. The Labute approximate surface area is 257 Å². The third kappa shape index (κ3) is 8.37. The maximum absolute atomic E-state index is 13.8. The molecule has 2 aromatic rings. The zero-order chi connectivity index (χ0) is 30.8. The normalized spacial score (nSPS) is 20.7. The Morgan fingerprint density at radius 2 is 1.53 bits per heavy atom. The molecule has 2 heterocycles. The predicted molar refractivity (Wildman–Crippen MR) is 170 cm³/mol. The van der Waals surface area contributed by atoms with Crippen molar-refractivity contribution in [3.05, 3.63) is 71.3 Å². The molecule has 1 aliphatic carbocycles. The standard InChI is InChI=1S/C32H42N4O4.C3H8/c1-23(31(38)40-2)33-30(37)26-15-13-24(14-16-26)21-34-19-17-28(18-20-34)36-29(25-9-5-3-6-10-25)22-35(32(36)39)27-11-7-4-8-12-27;1-3-2/h3,5-6,9-10,13-16,23,27-29H,4,7-8,11-12,17-22H2,1-2H3,(H,33,37);3H2,1-2H3. The number of carbonyl (C=O) groups is 3. The summed E-state index contributed by atoms with van der Waals surface area (Å²) >= 11 is 0. The molecule has 0 spiro atoms. The molecule has 0 bridgehead atoms. The van der Waals surface area contributed by atoms with Crippen LogP contribution in [0.5, 0.6) is 0 Å². The first-order chi connectivity index (χ1) is 20.9. The van der Waals surface area contributed by atoms with Crippen molar-refractivity contribution in [1.82, 2.24) is 20.0 Å². The summed E-state index contributed by atoms with van der Waals surface area (Å²) in [5.41, 5.74) is 2.89. The van der Waals surface area contributed by atoms with Crippen LogP contribution in [0.15, 0.2) is 54.6 Å². The van der Waals surface area contributed by atoms with Gasteiger partial charge in [0, 0.05) is 43.8 Å². The van der Waals surface area contributed by atoms with Crippen LogP contribution < -0.4 is 5.32 Å². The first kappa shape index (κ1) is 32.5. The Bertz CT molecular complexity index is 1170. The van der Waals surface area contributed by atoms with Gasteiger partial charge in [0.25, 0.3) is 5.91 Å². The number of piperidine rings is 1. The number of nitrogens with one attached hydrogen (secondary N) is 1. The van der Waals surface area contributed by atoms with Crippen LogP contribution in [0.4, 0.5) is 4.79 Å². The van der Waals surface area contributed by atoms with E-state index in [-0.39, 0.29) is 24.0 Å². The SMILES string of the molecule is CCC.COC(=O)C(C)NC(=O)c1ccc(CN2CCC(N3C(=O)N(C4CCCCC4)CC3c3ccccc3)CC2)cc1. The van der Waals surface area contributed by atoms with E-state index in [0.29, 0.717) is 11.6 Å². The minimum absolute atomic E-state index is 0.118. The highest BCUT2D eigenvalue weighted by Crippen LogP contribution is 2.38. The van der Waals surface area contributed by atoms with Crippen molar-refractivity contribution in [3.63, 3.8) is 0 Å². The fraction of sp³-hybridized carbons (Fsp3) is 0.571. The van der Waals surface area contributed by atoms with E-state index < -0.39 is 12.0 Å². The second kappa shape index (κ2) is 15.9. The van der Waals surface area contributed by atoms with E-state index in [0.717, 1.165) is 57.4 Å². The molecule has 2 atom stereocenters. The van der Waals surface area contributed by atoms with Crippen LogP contribution in [0.1, 0.15) is 99.7 Å². The van der Waals surface area contributed by atoms with Crippen LogP contribution in [-0.2, 0) is 16.1 Å². The molecule has 234 valence electrons. The van der Waals surface area contributed by atoms with Crippen LogP contribution in [0.3, 0.4) is 0 Å². The minimum Gasteiger partial charge on any atom is -0.467 e. The number of amides is 3. The van der Waals surface area contributed by atoms with Crippen molar-refractivity contribution in [3.8, 4) is 0 Å². The van der Waals surface area contributed by atoms with Gasteiger partial charge in [-0.1, -0.05) is 82.0 Å². The smallest absolute Gasteiger partial charge is 0.328 e. The van der Waals surface area contributed by atoms with Crippen molar-refractivity contribution in [2.75, 3.05) is 26.7 Å². The first-order valence-corrected chi connectivity index (χ1v) is 16.2. The second-order valence-electron chi connectivity index (χ2n) is 12.2. The Kier molecular flexibility index (Phi) is 12.0. The zero-order valence-corrected chi connectivity index (χ0v) is 26.5. The summed E-state index contributed by atoms with van der Waals surface area (Å²) < 4.78 is 4.68. The topological polar surface area (TPSA) is 82.2 Å². The molecule has 43 heavy (non-hydrogen) atoms. The number of ether oxygens (including phenoxy) is 1. The summed E-state index contributed by atoms with van der Waals surface area (Å²) in [6.45, 7) is 9.31. The van der Waals surface area contributed by atoms with Gasteiger partial charge in [-0.15, -0.1) is 0 Å². The lowest BCUT2D eigenvalue weighted by molar-refractivity contribution is -0.142. The molecular weight excluding hydrogens is 540 g/mol. The van der Waals surface area contributed by atoms with E-state index in [1.165, 1.54) is 38.4 Å². The van der Waals surface area contributed by atoms with Gasteiger partial charge in [0.2, 0.25) is 0 Å². The molecule has 5 rings (SSSR count). The van der Waals surface area contributed by atoms with Gasteiger partial charge in [0.1, 0.15) is 6.04 Å². The first-order valence-electron chi connectivity index (χ1n) is 16.2. The fourth-order valence-corrected chi connectivity index (χ4v) is 6.57. The highest BCUT2D eigenvalue weighted by atomic mass is 16.5. The molecular formula is C35H50N4O4. The summed E-state index contributed by atoms with van der Waals surface area (Å²) in [5.74, 6) is -0.767. The van der Waals surface area contributed by atoms with Crippen molar-refractivity contribution < 1.29 is 19.1 Å². The fourth-order valence-electron chi connectivity index (χ4n) is 6.57. The number of nitrogens with zero attached hydrogens (tertiary/aromatic N) is 3. The van der Waals surface area contributed by atoms with E-state index in [1.807, 2.05) is 18.2 Å². The van der Waals surface area contributed by atoms with Gasteiger partial charge in [-0.3, -0.25) is 9.69 Å². The van der Waals surface area contributed by atoms with Gasteiger partial charge in [-0.25, -0.2) is 9.59 Å². The largest absolute Gasteiger partial charge is 0.467 e. The predicted octanol–water partition coefficient (Wildman–Crippen LogP) is 6.17. The van der Waals surface area contributed by atoms with Gasteiger partial charge >= 0.3 is 12.0 Å². The van der Waals surface area contributed by atoms with E-state index >= 15 is 0 Å². The molecule has 1 saturated carbocycles. The number of likely N-dealkylation sites (tertiary alicyclic amines) is 1. The van der Waals surface area contributed by atoms with Crippen molar-refractivity contribution >= 4 is 17.9 Å². The molecule has 0 radical (unpaired) electrons. The third-order valence-electron chi connectivity index (χ3n) is 8.85. The average molecular weight is 591 g/mol. The maximum atomic E-state index is 13.8. The number of esters is 1. The molecule has 0 aromatic heterocycles. The summed E-state index contributed by atoms with van der Waals surface area (Å²) in [7, 11) is 1.30. The Morgan fingerprint density at radius 3 is 2.14 bits per heavy atom. The Hall–Kier alpha value is -3.39. The maximum Gasteiger partial charge on any atom is 0.328 e. The summed E-state index contributed by atoms with van der Waals surface area (Å²) in [6.07, 6.45) is 9.16. The third-order valence-corrected chi connectivity index (χ3v) is 8.85. The summed E-state index contributed by atoms with van der Waals surface area (Å²) in [5, 5.41) is 2.66. The van der Waals surface area contributed by atoms with Crippen molar-refractivity contribution in [1.29, 1.82) is 0 Å². The van der Waals surface area contributed by atoms with Crippen LogP contribution in [-0.4, -0.2) is 77.5 Å². The van der Waals surface area contributed by atoms with Crippen molar-refractivity contribution in [2.24, 2.45) is 0 Å². The lowest BCUT2D eigenvalue weighted by Crippen LogP contribution is -2.48. The molecule has 2 aromatic carbocycles. The monoisotopic (exact) mass is 590 g/mol. The molecule has 1 N–H and O–H groups in total. The molecule has 8 heteroatoms. The lowest BCUT2D eigenvalue weighted by Gasteiger charge is -2.39. The minimum atomic E-state index is -0.697. The van der Waals surface area contributed by atoms with E-state index in [1.54, 1.807) is 19.1 Å². The van der Waals surface area contributed by atoms with Crippen LogP contribution >= 0.6 is 0 Å². The zero-order valence-electron chi connectivity index (χ0n) is 26.5. The Balaban J connectivity index is 0.00000135. The molecule has 3 fully saturated rings. The Morgan fingerprint density at radius 1 is 0.907 bits per heavy atom. The number of benzene rings is 2. The number of hydrogen-bond acceptors (Lipinski definition) is 5. The van der Waals surface area contributed by atoms with Gasteiger partial charge in [0.15, 0.2) is 0 Å². The molecule has 3 aliphatic rings. The van der Waals surface area contributed by atoms with Crippen LogP contribution in [0, 0.1) is 0 Å². The van der Waals surface area contributed by atoms with Gasteiger partial charge < -0.3 is 19.9 Å². The molecule has 2 saturated heterocycles. The van der Waals surface area contributed by atoms with E-state index in [4.69, 9.17) is 0 Å². The van der Waals surface area contributed by atoms with Crippen LogP contribution in [0.2, 0.25) is 0 Å². The molecule has 3 amide bonds. The average Bonchev–Trinajstić information content (AvgIpc) is 3.39. The van der Waals surface area contributed by atoms with Gasteiger partial charge in [-0.2, -0.15) is 0 Å². The highest BCUT2D eigenvalue weighted by molar-refractivity contribution is 5.96. The van der Waals surface area contributed by atoms with Gasteiger partial charge in [-0.05, 0) is 55.9 Å². The molecule has 2 unspecified atom stereocenters. The summed E-state index contributed by atoms with van der Waals surface area (Å²) in [6, 6.07) is 18.4. The summed E-state index contributed by atoms with van der Waals surface area (Å²) in [4.78, 5) is 44.7. The molecule has 8 nitrogen and oxygen atoms in total. The van der Waals surface area contributed by atoms with Gasteiger partial charge in [0.05, 0.1) is 13.2 Å². The number of rotatable bonds is 8. The lowest BCUT2D eigenvalue weighted by atomic mass is 9.94. The van der Waals surface area contributed by atoms with E-state index in [2.05, 4.69) is 62.9 Å². The van der Waals surface area contributed by atoms with E-state index in [9.17, 15) is 14.4 Å². The van der Waals surface area contributed by atoms with Crippen molar-refractivity contribution in [2.45, 2.75) is 103 Å². The second-order valence-corrected chi connectivity index (χ2v) is 12.2. The number of methoxy groups -OCH3 is 1. The number of hydrogen-bond donors (Lipinski definition) is 1. The molecule has 2 aliphatic heterocycles. The quantitative estimate of drug-likeness (QED) is 0.372. The van der Waals surface area contributed by atoms with Crippen LogP contribution in [0.25, 0.3) is 0 Å². The number of urea groups is 1.